The van der Waals surface area contributed by atoms with Gasteiger partial charge in [-0.1, -0.05) is 133 Å². The minimum absolute atomic E-state index is 0.0398. The van der Waals surface area contributed by atoms with E-state index in [1.807, 2.05) is 57.6 Å². The van der Waals surface area contributed by atoms with Gasteiger partial charge in [-0.15, -0.1) is 0 Å². The van der Waals surface area contributed by atoms with Crippen LogP contribution in [0.15, 0.2) is 48.6 Å². The summed E-state index contributed by atoms with van der Waals surface area (Å²) in [5, 5.41) is 0. The van der Waals surface area contributed by atoms with Crippen LogP contribution in [0.3, 0.4) is 0 Å². The lowest BCUT2D eigenvalue weighted by Crippen LogP contribution is -2.37. The van der Waals surface area contributed by atoms with Gasteiger partial charge >= 0.3 is 11.9 Å². The van der Waals surface area contributed by atoms with E-state index >= 15 is 0 Å². The summed E-state index contributed by atoms with van der Waals surface area (Å²) in [5.74, 6) is -0.886. The Hall–Kier alpha value is -2.03. The molecule has 0 amide bonds. The predicted molar refractivity (Wildman–Crippen MR) is 194 cm³/mol. The van der Waals surface area contributed by atoms with Gasteiger partial charge in [0.15, 0.2) is 6.10 Å². The van der Waals surface area contributed by atoms with Crippen molar-refractivity contribution in [3.63, 3.8) is 0 Å². The van der Waals surface area contributed by atoms with Gasteiger partial charge < -0.3 is 27.9 Å². The number of hydrogen-bond acceptors (Lipinski definition) is 8. The predicted octanol–water partition coefficient (Wildman–Crippen LogP) is 8.94. The molecule has 0 aromatic rings. The number of phosphoric acid groups is 1. The van der Waals surface area contributed by atoms with E-state index in [0.717, 1.165) is 44.9 Å². The average molecular weight is 698 g/mol. The van der Waals surface area contributed by atoms with E-state index < -0.39 is 32.5 Å². The van der Waals surface area contributed by atoms with Gasteiger partial charge in [0.2, 0.25) is 0 Å². The molecule has 0 N–H and O–H groups in total. The zero-order valence-electron chi connectivity index (χ0n) is 30.9. The standard InChI is InChI=1S/C38H68NO8P/c1-6-8-10-12-14-16-18-19-21-23-25-27-29-31-38(41)47-36(35-46-48(42,43)45-33-32-39(3,4)5)34-44-37(40)30-28-26-24-22-20-17-15-13-11-9-7-2/h8,10,12,14,16,18-19,21,36H,6-7,9,11,13,15,17,20,22-35H2,1-5H3/b10-8+,14-12+,18-16+,21-19+. The highest BCUT2D eigenvalue weighted by atomic mass is 31.2. The van der Waals surface area contributed by atoms with E-state index in [4.69, 9.17) is 18.5 Å². The van der Waals surface area contributed by atoms with Crippen molar-refractivity contribution in [2.75, 3.05) is 47.5 Å². The van der Waals surface area contributed by atoms with Crippen LogP contribution in [0.5, 0.6) is 0 Å². The Kier molecular flexibility index (Phi) is 29.7. The second-order valence-corrected chi connectivity index (χ2v) is 14.7. The first-order valence-electron chi connectivity index (χ1n) is 18.4. The van der Waals surface area contributed by atoms with Crippen LogP contribution in [0.25, 0.3) is 0 Å². The molecule has 0 aliphatic heterocycles. The molecule has 0 saturated carbocycles. The third-order valence-corrected chi connectivity index (χ3v) is 8.42. The van der Waals surface area contributed by atoms with Gasteiger partial charge in [0.1, 0.15) is 19.8 Å². The summed E-state index contributed by atoms with van der Waals surface area (Å²) in [7, 11) is 1.13. The Bertz CT molecular complexity index is 970. The number of quaternary nitrogens is 1. The quantitative estimate of drug-likeness (QED) is 0.0225. The van der Waals surface area contributed by atoms with Crippen molar-refractivity contribution in [2.24, 2.45) is 0 Å². The summed E-state index contributed by atoms with van der Waals surface area (Å²) in [6, 6.07) is 0. The van der Waals surface area contributed by atoms with Crippen LogP contribution in [0.1, 0.15) is 129 Å². The van der Waals surface area contributed by atoms with Crippen LogP contribution in [-0.4, -0.2) is 70.0 Å². The highest BCUT2D eigenvalue weighted by molar-refractivity contribution is 7.45. The third-order valence-electron chi connectivity index (χ3n) is 7.46. The molecule has 0 aliphatic carbocycles. The molecule has 0 spiro atoms. The van der Waals surface area contributed by atoms with Crippen molar-refractivity contribution < 1.29 is 42.1 Å². The number of phosphoric ester groups is 1. The van der Waals surface area contributed by atoms with Gasteiger partial charge in [-0.05, 0) is 32.1 Å². The van der Waals surface area contributed by atoms with Crippen molar-refractivity contribution in [1.82, 2.24) is 0 Å². The van der Waals surface area contributed by atoms with Gasteiger partial charge in [-0.25, -0.2) is 0 Å². The van der Waals surface area contributed by atoms with Crippen LogP contribution in [0.2, 0.25) is 0 Å². The minimum atomic E-state index is -4.63. The first-order chi connectivity index (χ1) is 23.0. The molecule has 48 heavy (non-hydrogen) atoms. The van der Waals surface area contributed by atoms with E-state index in [1.165, 1.54) is 51.4 Å². The zero-order chi connectivity index (χ0) is 35.8. The first kappa shape index (κ1) is 46.0. The molecule has 0 aromatic heterocycles. The second-order valence-electron chi connectivity index (χ2n) is 13.3. The molecule has 10 heteroatoms. The summed E-state index contributed by atoms with van der Waals surface area (Å²) in [6.07, 6.45) is 32.9. The van der Waals surface area contributed by atoms with E-state index in [0.29, 0.717) is 17.4 Å². The Balaban J connectivity index is 4.55. The van der Waals surface area contributed by atoms with Crippen molar-refractivity contribution in [2.45, 2.75) is 136 Å². The van der Waals surface area contributed by atoms with Gasteiger partial charge in [0, 0.05) is 12.8 Å². The van der Waals surface area contributed by atoms with E-state index in [2.05, 4.69) is 26.0 Å². The maximum Gasteiger partial charge on any atom is 0.306 e. The number of unbranched alkanes of at least 4 members (excludes halogenated alkanes) is 13. The van der Waals surface area contributed by atoms with Crippen LogP contribution < -0.4 is 4.89 Å². The molecule has 0 saturated heterocycles. The van der Waals surface area contributed by atoms with E-state index in [-0.39, 0.29) is 26.1 Å². The highest BCUT2D eigenvalue weighted by Crippen LogP contribution is 2.38. The molecule has 2 atom stereocenters. The molecule has 0 aliphatic rings. The van der Waals surface area contributed by atoms with Gasteiger partial charge in [-0.2, -0.15) is 0 Å². The smallest absolute Gasteiger partial charge is 0.306 e. The summed E-state index contributed by atoms with van der Waals surface area (Å²) >= 11 is 0. The molecular weight excluding hydrogens is 629 g/mol. The maximum absolute atomic E-state index is 12.6. The topological polar surface area (TPSA) is 111 Å². The SMILES string of the molecule is CC/C=C/C=C/C=C/C=C/CCCCCC(=O)OC(COC(=O)CCCCCCCCCCCCC)COP(=O)([O-])OCC[N+](C)(C)C. The maximum atomic E-state index is 12.6. The summed E-state index contributed by atoms with van der Waals surface area (Å²) < 4.78 is 33.6. The summed E-state index contributed by atoms with van der Waals surface area (Å²) in [4.78, 5) is 37.2. The number of ether oxygens (including phenoxy) is 2. The highest BCUT2D eigenvalue weighted by Gasteiger charge is 2.21. The molecular formula is C38H68NO8P. The lowest BCUT2D eigenvalue weighted by molar-refractivity contribution is -0.870. The normalized spacial score (nSPS) is 14.4. The van der Waals surface area contributed by atoms with Crippen LogP contribution >= 0.6 is 7.82 Å². The lowest BCUT2D eigenvalue weighted by atomic mass is 10.1. The molecule has 278 valence electrons. The largest absolute Gasteiger partial charge is 0.756 e. The molecule has 0 bridgehead atoms. The lowest BCUT2D eigenvalue weighted by Gasteiger charge is -2.28. The number of carbonyl (C=O) groups is 2. The van der Waals surface area contributed by atoms with Crippen molar-refractivity contribution in [1.29, 1.82) is 0 Å². The number of esters is 2. The third kappa shape index (κ3) is 33.9. The van der Waals surface area contributed by atoms with Crippen molar-refractivity contribution >= 4 is 19.8 Å². The minimum Gasteiger partial charge on any atom is -0.756 e. The monoisotopic (exact) mass is 697 g/mol. The Morgan fingerprint density at radius 1 is 0.667 bits per heavy atom. The summed E-state index contributed by atoms with van der Waals surface area (Å²) in [5.41, 5.74) is 0. The molecule has 9 nitrogen and oxygen atoms in total. The number of hydrogen-bond donors (Lipinski definition) is 0. The Morgan fingerprint density at radius 3 is 1.77 bits per heavy atom. The zero-order valence-corrected chi connectivity index (χ0v) is 31.8. The van der Waals surface area contributed by atoms with Gasteiger partial charge in [0.05, 0.1) is 27.7 Å². The summed E-state index contributed by atoms with van der Waals surface area (Å²) in [6.45, 7) is 3.99. The van der Waals surface area contributed by atoms with Crippen LogP contribution in [-0.2, 0) is 32.7 Å². The fourth-order valence-electron chi connectivity index (χ4n) is 4.55. The molecule has 0 radical (unpaired) electrons. The number of rotatable bonds is 32. The average Bonchev–Trinajstić information content (AvgIpc) is 3.02. The second kappa shape index (κ2) is 31.0. The Morgan fingerprint density at radius 2 is 1.19 bits per heavy atom. The fourth-order valence-corrected chi connectivity index (χ4v) is 5.27. The number of allylic oxidation sites excluding steroid dienone is 8. The van der Waals surface area contributed by atoms with Crippen LogP contribution in [0.4, 0.5) is 0 Å². The van der Waals surface area contributed by atoms with Crippen LogP contribution in [0, 0.1) is 0 Å². The van der Waals surface area contributed by atoms with Gasteiger partial charge in [-0.3, -0.25) is 14.2 Å². The van der Waals surface area contributed by atoms with Crippen molar-refractivity contribution in [3.05, 3.63) is 48.6 Å². The van der Waals surface area contributed by atoms with Crippen molar-refractivity contribution in [3.8, 4) is 0 Å². The molecule has 0 fully saturated rings. The first-order valence-corrected chi connectivity index (χ1v) is 19.9. The molecule has 0 rings (SSSR count). The molecule has 2 unspecified atom stereocenters. The Labute approximate surface area is 293 Å². The fraction of sp³-hybridized carbons (Fsp3) is 0.737. The number of carbonyl (C=O) groups excluding carboxylic acids is 2. The van der Waals surface area contributed by atoms with E-state index in [9.17, 15) is 19.0 Å². The number of likely N-dealkylation sites (N-methyl/N-ethyl adjacent to an activating group) is 1. The number of nitrogens with zero attached hydrogens (tertiary/aromatic N) is 1. The van der Waals surface area contributed by atoms with Gasteiger partial charge in [0.25, 0.3) is 7.82 Å². The molecule has 0 aromatic carbocycles. The molecule has 0 heterocycles. The van der Waals surface area contributed by atoms with E-state index in [1.54, 1.807) is 0 Å².